The summed E-state index contributed by atoms with van der Waals surface area (Å²) < 4.78 is 6.49. The first-order valence-corrected chi connectivity index (χ1v) is 10.7. The van der Waals surface area contributed by atoms with Crippen LogP contribution in [0.4, 0.5) is 0 Å². The highest BCUT2D eigenvalue weighted by Gasteiger charge is 2.39. The van der Waals surface area contributed by atoms with Gasteiger partial charge in [0.15, 0.2) is 0 Å². The van der Waals surface area contributed by atoms with Crippen LogP contribution >= 0.6 is 0 Å². The van der Waals surface area contributed by atoms with Crippen molar-refractivity contribution in [3.63, 3.8) is 0 Å². The maximum Gasteiger partial charge on any atom is 0.250 e. The molecule has 0 saturated heterocycles. The van der Waals surface area contributed by atoms with Gasteiger partial charge in [0.25, 0.3) is 8.32 Å². The molecule has 0 spiro atoms. The molecule has 0 aliphatic heterocycles. The molecule has 0 bridgehead atoms. The molecule has 0 aromatic heterocycles. The lowest BCUT2D eigenvalue weighted by atomic mass is 10.2. The van der Waals surface area contributed by atoms with E-state index in [4.69, 9.17) is 4.43 Å². The molecule has 0 radical (unpaired) electrons. The van der Waals surface area contributed by atoms with Crippen LogP contribution in [0.15, 0.2) is 36.4 Å². The van der Waals surface area contributed by atoms with Crippen LogP contribution in [0, 0.1) is 17.8 Å². The second-order valence-electron chi connectivity index (χ2n) is 7.30. The predicted molar refractivity (Wildman–Crippen MR) is 93.2 cm³/mol. The van der Waals surface area contributed by atoms with Gasteiger partial charge in [-0.3, -0.25) is 0 Å². The quantitative estimate of drug-likeness (QED) is 0.409. The molecule has 1 aliphatic carbocycles. The Labute approximate surface area is 130 Å². The fraction of sp³-hybridized carbons (Fsp3) is 0.474. The normalized spacial score (nSPS) is 16.1. The van der Waals surface area contributed by atoms with Crippen molar-refractivity contribution < 1.29 is 4.43 Å². The third-order valence-electron chi connectivity index (χ3n) is 4.30. The minimum Gasteiger partial charge on any atom is -0.543 e. The fourth-order valence-corrected chi connectivity index (χ4v) is 2.69. The van der Waals surface area contributed by atoms with Gasteiger partial charge < -0.3 is 4.43 Å². The Balaban J connectivity index is 2.26. The van der Waals surface area contributed by atoms with Crippen LogP contribution in [0.5, 0.6) is 0 Å². The second-order valence-corrected chi connectivity index (χ2v) is 12.0. The molecule has 0 heterocycles. The average molecular weight is 299 g/mol. The van der Waals surface area contributed by atoms with Crippen molar-refractivity contribution in [2.75, 3.05) is 0 Å². The summed E-state index contributed by atoms with van der Waals surface area (Å²) in [6.45, 7) is 11.3. The topological polar surface area (TPSA) is 9.23 Å². The van der Waals surface area contributed by atoms with Crippen LogP contribution in [-0.4, -0.2) is 8.32 Å². The number of hydrogen-bond acceptors (Lipinski definition) is 1. The van der Waals surface area contributed by atoms with E-state index in [1.165, 1.54) is 12.8 Å². The van der Waals surface area contributed by atoms with E-state index >= 15 is 0 Å². The molecule has 0 unspecified atom stereocenters. The van der Waals surface area contributed by atoms with Gasteiger partial charge in [-0.25, -0.2) is 0 Å². The smallest absolute Gasteiger partial charge is 0.250 e. The first kappa shape index (κ1) is 15.9. The molecule has 0 amide bonds. The largest absolute Gasteiger partial charge is 0.543 e. The number of allylic oxidation sites excluding steroid dienone is 1. The molecule has 21 heavy (non-hydrogen) atoms. The van der Waals surface area contributed by atoms with Crippen molar-refractivity contribution in [1.29, 1.82) is 0 Å². The van der Waals surface area contributed by atoms with Crippen molar-refractivity contribution in [2.45, 2.75) is 51.7 Å². The highest BCUT2D eigenvalue weighted by atomic mass is 28.4. The van der Waals surface area contributed by atoms with Crippen molar-refractivity contribution in [3.05, 3.63) is 42.0 Å². The van der Waals surface area contributed by atoms with Crippen LogP contribution < -0.4 is 0 Å². The summed E-state index contributed by atoms with van der Waals surface area (Å²) in [7, 11) is -1.85. The van der Waals surface area contributed by atoms with Gasteiger partial charge in [-0.2, -0.15) is 0 Å². The highest BCUT2D eigenvalue weighted by molar-refractivity contribution is 6.74. The van der Waals surface area contributed by atoms with E-state index in [-0.39, 0.29) is 5.04 Å². The van der Waals surface area contributed by atoms with Crippen LogP contribution in [0.1, 0.15) is 39.2 Å². The molecule has 1 aliphatic rings. The zero-order valence-corrected chi connectivity index (χ0v) is 14.9. The van der Waals surface area contributed by atoms with Gasteiger partial charge in [0.05, 0.1) is 0 Å². The maximum absolute atomic E-state index is 6.49. The Morgan fingerprint density at radius 1 is 1.19 bits per heavy atom. The summed E-state index contributed by atoms with van der Waals surface area (Å²) in [5, 5.41) is 0.185. The van der Waals surface area contributed by atoms with E-state index in [0.717, 1.165) is 11.3 Å². The van der Waals surface area contributed by atoms with Crippen molar-refractivity contribution >= 4 is 14.1 Å². The van der Waals surface area contributed by atoms with Crippen LogP contribution in [0.3, 0.4) is 0 Å². The van der Waals surface area contributed by atoms with E-state index in [2.05, 4.69) is 57.8 Å². The van der Waals surface area contributed by atoms with Gasteiger partial charge in [-0.05, 0) is 31.0 Å². The van der Waals surface area contributed by atoms with E-state index < -0.39 is 8.32 Å². The molecule has 2 heteroatoms. The minimum absolute atomic E-state index is 0.185. The van der Waals surface area contributed by atoms with E-state index in [9.17, 15) is 0 Å². The summed E-state index contributed by atoms with van der Waals surface area (Å²) in [6.07, 6.45) is 4.48. The Hall–Kier alpha value is -1.46. The lowest BCUT2D eigenvalue weighted by Crippen LogP contribution is -2.40. The third-order valence-corrected chi connectivity index (χ3v) is 8.64. The van der Waals surface area contributed by atoms with Crippen molar-refractivity contribution in [3.8, 4) is 11.8 Å². The first-order valence-electron chi connectivity index (χ1n) is 7.75. The highest BCUT2D eigenvalue weighted by Crippen LogP contribution is 2.39. The fourth-order valence-electron chi connectivity index (χ4n) is 1.65. The predicted octanol–water partition coefficient (Wildman–Crippen LogP) is 5.46. The number of hydrogen-bond donors (Lipinski definition) is 0. The summed E-state index contributed by atoms with van der Waals surface area (Å²) in [6, 6.07) is 10.3. The average Bonchev–Trinajstić information content (AvgIpc) is 3.21. The van der Waals surface area contributed by atoms with Gasteiger partial charge >= 0.3 is 0 Å². The summed E-state index contributed by atoms with van der Waals surface area (Å²) in [5.74, 6) is 8.04. The summed E-state index contributed by atoms with van der Waals surface area (Å²) in [5.41, 5.74) is 1.12. The Morgan fingerprint density at radius 3 is 2.33 bits per heavy atom. The molecule has 1 aromatic carbocycles. The van der Waals surface area contributed by atoms with E-state index in [0.29, 0.717) is 5.92 Å². The number of benzene rings is 1. The molecule has 1 saturated carbocycles. The molecule has 0 N–H and O–H groups in total. The Morgan fingerprint density at radius 2 is 1.81 bits per heavy atom. The number of rotatable bonds is 3. The standard InChI is InChI=1S/C19H26OSi/c1-19(2,3)21(4,5)20-18(13-9-10-16-14-15-16)17-11-7-6-8-12-17/h6-8,11-13,16H,14-15H2,1-5H3/b18-13-. The monoisotopic (exact) mass is 298 g/mol. The maximum atomic E-state index is 6.49. The lowest BCUT2D eigenvalue weighted by Gasteiger charge is -2.37. The lowest BCUT2D eigenvalue weighted by molar-refractivity contribution is 0.458. The van der Waals surface area contributed by atoms with Crippen LogP contribution in [0.2, 0.25) is 18.1 Å². The zero-order chi connectivity index (χ0) is 15.5. The minimum atomic E-state index is -1.85. The molecule has 1 aromatic rings. The Kier molecular flexibility index (Phi) is 4.63. The molecule has 0 atom stereocenters. The SMILES string of the molecule is CC(C)(C)[Si](C)(C)O/C(=C\C#CC1CC1)c1ccccc1. The van der Waals surface area contributed by atoms with Gasteiger partial charge in [-0.15, -0.1) is 0 Å². The van der Waals surface area contributed by atoms with Crippen molar-refractivity contribution in [2.24, 2.45) is 5.92 Å². The third kappa shape index (κ3) is 4.51. The molecule has 1 fully saturated rings. The molecular formula is C19H26OSi. The van der Waals surface area contributed by atoms with Gasteiger partial charge in [0.1, 0.15) is 5.76 Å². The van der Waals surface area contributed by atoms with E-state index in [1.54, 1.807) is 0 Å². The Bertz CT molecular complexity index is 563. The molecule has 1 nitrogen and oxygen atoms in total. The summed E-state index contributed by atoms with van der Waals surface area (Å²) in [4.78, 5) is 0. The summed E-state index contributed by atoms with van der Waals surface area (Å²) >= 11 is 0. The van der Waals surface area contributed by atoms with Gasteiger partial charge in [0.2, 0.25) is 0 Å². The van der Waals surface area contributed by atoms with Crippen molar-refractivity contribution in [1.82, 2.24) is 0 Å². The van der Waals surface area contributed by atoms with E-state index in [1.807, 2.05) is 24.3 Å². The van der Waals surface area contributed by atoms with Gasteiger partial charge in [0, 0.05) is 17.6 Å². The van der Waals surface area contributed by atoms with Crippen LogP contribution in [-0.2, 0) is 4.43 Å². The van der Waals surface area contributed by atoms with Crippen LogP contribution in [0.25, 0.3) is 5.76 Å². The first-order chi connectivity index (χ1) is 9.79. The molecule has 112 valence electrons. The van der Waals surface area contributed by atoms with Gasteiger partial charge in [-0.1, -0.05) is 62.9 Å². The second kappa shape index (κ2) is 6.11. The zero-order valence-electron chi connectivity index (χ0n) is 13.9. The molecule has 2 rings (SSSR count). The molecular weight excluding hydrogens is 272 g/mol.